The highest BCUT2D eigenvalue weighted by Crippen LogP contribution is 2.45. The summed E-state index contributed by atoms with van der Waals surface area (Å²) in [6.07, 6.45) is 13.5. The number of nitrogen functional groups attached to an aromatic ring is 1. The zero-order valence-electron chi connectivity index (χ0n) is 36.3. The predicted molar refractivity (Wildman–Crippen MR) is 239 cm³/mol. The Morgan fingerprint density at radius 3 is 2.39 bits per heavy atom. The minimum atomic E-state index is -0.384. The Kier molecular flexibility index (Phi) is 11.9. The molecule has 0 spiro atoms. The van der Waals surface area contributed by atoms with E-state index in [0.717, 1.165) is 69.6 Å². The topological polar surface area (TPSA) is 185 Å². The molecular formula is C47H57N11O6. The number of imide groups is 1. The second-order valence-electron chi connectivity index (χ2n) is 18.0. The molecular weight excluding hydrogens is 815 g/mol. The molecule has 7 heterocycles. The Balaban J connectivity index is 0.753. The van der Waals surface area contributed by atoms with Gasteiger partial charge in [0, 0.05) is 50.2 Å². The van der Waals surface area contributed by atoms with E-state index in [9.17, 15) is 19.2 Å². The highest BCUT2D eigenvalue weighted by molar-refractivity contribution is 6.02. The Hall–Kier alpha value is -6.07. The van der Waals surface area contributed by atoms with Crippen molar-refractivity contribution in [2.75, 3.05) is 74.5 Å². The first kappa shape index (κ1) is 41.9. The van der Waals surface area contributed by atoms with Crippen molar-refractivity contribution in [1.29, 1.82) is 0 Å². The van der Waals surface area contributed by atoms with Crippen molar-refractivity contribution < 1.29 is 28.7 Å². The number of nitrogens with one attached hydrogen (secondary N) is 1. The number of benzene rings is 2. The van der Waals surface area contributed by atoms with Crippen LogP contribution in [0.15, 0.2) is 60.9 Å². The van der Waals surface area contributed by atoms with Gasteiger partial charge in [-0.1, -0.05) is 30.7 Å². The molecule has 4 saturated heterocycles. The Morgan fingerprint density at radius 1 is 0.797 bits per heavy atom. The number of fused-ring (bicyclic) bond motifs is 1. The first-order valence-electron chi connectivity index (χ1n) is 23.2. The second kappa shape index (κ2) is 18.2. The van der Waals surface area contributed by atoms with Gasteiger partial charge in [-0.25, -0.2) is 9.48 Å². The monoisotopic (exact) mass is 871 g/mol. The number of anilines is 3. The zero-order chi connectivity index (χ0) is 43.7. The number of hydrogen-bond acceptors (Lipinski definition) is 13. The first-order chi connectivity index (χ1) is 31.3. The molecule has 2 aromatic heterocycles. The maximum Gasteiger partial charge on any atom is 0.415 e. The number of para-hydroxylation sites is 2. The molecule has 5 fully saturated rings. The highest BCUT2D eigenvalue weighted by Gasteiger charge is 2.38. The van der Waals surface area contributed by atoms with Crippen molar-refractivity contribution in [3.8, 4) is 28.4 Å². The summed E-state index contributed by atoms with van der Waals surface area (Å²) in [5, 5.41) is 15.7. The standard InChI is InChI=1S/C47H57N11O6/c48-45-40(27-37(51-52-45)36-7-2-3-10-41(36)64-47(62)54-21-17-33(18-22-54)53-19-4-1-5-20-53)58-29-34(28-49-58)56-24-23-55(30-43(56)60)32-13-11-31(12-14-32)35-8-6-9-38-44(35)63-26-25-57(38)39-15-16-42(59)50-46(39)61/h2-3,6-10,27-29,31-33,39H,1,4-5,11-26,30H2,(H2,48,52)(H,50,59,61). The summed E-state index contributed by atoms with van der Waals surface area (Å²) in [6.45, 7) is 6.31. The average molecular weight is 872 g/mol. The first-order valence-corrected chi connectivity index (χ1v) is 23.2. The van der Waals surface area contributed by atoms with Gasteiger partial charge in [-0.2, -0.15) is 5.10 Å². The molecule has 2 aromatic carbocycles. The largest absolute Gasteiger partial charge is 0.489 e. The molecule has 1 aliphatic carbocycles. The molecule has 10 rings (SSSR count). The van der Waals surface area contributed by atoms with E-state index in [1.54, 1.807) is 39.0 Å². The minimum absolute atomic E-state index is 0.0139. The number of nitrogens with zero attached hydrogens (tertiary/aromatic N) is 9. The number of carbonyl (C=O) groups is 4. The van der Waals surface area contributed by atoms with Crippen LogP contribution in [0.25, 0.3) is 16.9 Å². The fourth-order valence-electron chi connectivity index (χ4n) is 10.9. The summed E-state index contributed by atoms with van der Waals surface area (Å²) >= 11 is 0. The van der Waals surface area contributed by atoms with E-state index in [4.69, 9.17) is 15.2 Å². The van der Waals surface area contributed by atoms with Crippen LogP contribution in [-0.2, 0) is 14.4 Å². The van der Waals surface area contributed by atoms with E-state index < -0.39 is 0 Å². The smallest absolute Gasteiger partial charge is 0.415 e. The lowest BCUT2D eigenvalue weighted by molar-refractivity contribution is -0.134. The van der Waals surface area contributed by atoms with Gasteiger partial charge < -0.3 is 34.8 Å². The number of amides is 4. The van der Waals surface area contributed by atoms with Crippen molar-refractivity contribution >= 4 is 41.0 Å². The van der Waals surface area contributed by atoms with Crippen molar-refractivity contribution in [2.45, 2.75) is 94.7 Å². The maximum atomic E-state index is 13.8. The van der Waals surface area contributed by atoms with Crippen LogP contribution < -0.4 is 30.3 Å². The van der Waals surface area contributed by atoms with Crippen LogP contribution >= 0.6 is 0 Å². The SMILES string of the molecule is Nc1nnc(-c2ccccc2OC(=O)N2CCC(N3CCCCC3)CC2)cc1-n1cc(N2CCN(C3CCC(c4cccc5c4OCCN5C4CCC(=O)NC4=O)CC3)CC2=O)cn1. The third-order valence-electron chi connectivity index (χ3n) is 14.3. The van der Waals surface area contributed by atoms with E-state index in [-0.39, 0.29) is 35.7 Å². The van der Waals surface area contributed by atoms with Crippen LogP contribution in [0.2, 0.25) is 0 Å². The molecule has 64 heavy (non-hydrogen) atoms. The van der Waals surface area contributed by atoms with Crippen LogP contribution in [-0.4, -0.2) is 136 Å². The van der Waals surface area contributed by atoms with Crippen molar-refractivity contribution in [1.82, 2.24) is 40.0 Å². The van der Waals surface area contributed by atoms with Crippen molar-refractivity contribution in [3.05, 3.63) is 66.5 Å². The van der Waals surface area contributed by atoms with E-state index in [1.807, 2.05) is 30.3 Å². The molecule has 1 atom stereocenters. The van der Waals surface area contributed by atoms with Gasteiger partial charge in [0.2, 0.25) is 17.7 Å². The quantitative estimate of drug-likeness (QED) is 0.232. The highest BCUT2D eigenvalue weighted by atomic mass is 16.6. The number of piperazine rings is 1. The van der Waals surface area contributed by atoms with E-state index in [1.165, 1.54) is 24.8 Å². The molecule has 1 unspecified atom stereocenters. The van der Waals surface area contributed by atoms with Gasteiger partial charge >= 0.3 is 6.09 Å². The molecule has 17 heteroatoms. The Labute approximate surface area is 372 Å². The molecule has 6 aliphatic rings. The van der Waals surface area contributed by atoms with Crippen molar-refractivity contribution in [2.24, 2.45) is 0 Å². The predicted octanol–water partition coefficient (Wildman–Crippen LogP) is 4.74. The lowest BCUT2D eigenvalue weighted by atomic mass is 9.80. The van der Waals surface area contributed by atoms with Crippen LogP contribution in [0.3, 0.4) is 0 Å². The summed E-state index contributed by atoms with van der Waals surface area (Å²) in [7, 11) is 0. The van der Waals surface area contributed by atoms with Crippen LogP contribution in [0.1, 0.15) is 82.1 Å². The number of ether oxygens (including phenoxy) is 2. The number of likely N-dealkylation sites (tertiary alicyclic amines) is 2. The maximum absolute atomic E-state index is 13.8. The molecule has 1 saturated carbocycles. The summed E-state index contributed by atoms with van der Waals surface area (Å²) in [5.74, 6) is 1.28. The number of aromatic nitrogens is 4. The fraction of sp³-hybridized carbons (Fsp3) is 0.511. The number of piperidine rings is 3. The molecule has 5 aliphatic heterocycles. The van der Waals surface area contributed by atoms with Crippen LogP contribution in [0.4, 0.5) is 22.0 Å². The normalized spacial score (nSPS) is 24.0. The van der Waals surface area contributed by atoms with Gasteiger partial charge in [0.05, 0.1) is 42.6 Å². The van der Waals surface area contributed by atoms with E-state index >= 15 is 0 Å². The second-order valence-corrected chi connectivity index (χ2v) is 18.0. The molecule has 4 amide bonds. The zero-order valence-corrected chi connectivity index (χ0v) is 36.3. The lowest BCUT2D eigenvalue weighted by Gasteiger charge is -2.42. The number of rotatable bonds is 8. The lowest BCUT2D eigenvalue weighted by Crippen LogP contribution is -2.54. The van der Waals surface area contributed by atoms with Gasteiger partial charge in [-0.05, 0) is 107 Å². The van der Waals surface area contributed by atoms with E-state index in [0.29, 0.717) is 98.6 Å². The van der Waals surface area contributed by atoms with Gasteiger partial charge in [0.25, 0.3) is 0 Å². The molecule has 336 valence electrons. The number of hydrogen-bond donors (Lipinski definition) is 2. The van der Waals surface area contributed by atoms with Gasteiger partial charge in [0.15, 0.2) is 5.82 Å². The Bertz CT molecular complexity index is 2390. The summed E-state index contributed by atoms with van der Waals surface area (Å²) in [6, 6.07) is 15.7. The molecule has 0 bridgehead atoms. The van der Waals surface area contributed by atoms with Gasteiger partial charge in [-0.3, -0.25) is 24.6 Å². The number of carbonyl (C=O) groups excluding carboxylic acids is 4. The molecule has 3 N–H and O–H groups in total. The third kappa shape index (κ3) is 8.50. The average Bonchev–Trinajstić information content (AvgIpc) is 3.82. The summed E-state index contributed by atoms with van der Waals surface area (Å²) in [5.41, 5.74) is 10.7. The van der Waals surface area contributed by atoms with Crippen LogP contribution in [0.5, 0.6) is 11.5 Å². The van der Waals surface area contributed by atoms with Gasteiger partial charge in [-0.15, -0.1) is 10.2 Å². The molecule has 0 radical (unpaired) electrons. The Morgan fingerprint density at radius 2 is 1.59 bits per heavy atom. The van der Waals surface area contributed by atoms with Gasteiger partial charge in [0.1, 0.15) is 29.8 Å². The third-order valence-corrected chi connectivity index (χ3v) is 14.3. The fourth-order valence-corrected chi connectivity index (χ4v) is 10.9. The minimum Gasteiger partial charge on any atom is -0.489 e. The van der Waals surface area contributed by atoms with Crippen molar-refractivity contribution in [3.63, 3.8) is 0 Å². The molecule has 4 aromatic rings. The van der Waals surface area contributed by atoms with Crippen LogP contribution in [0, 0.1) is 0 Å². The molecule has 17 nitrogen and oxygen atoms in total. The summed E-state index contributed by atoms with van der Waals surface area (Å²) in [4.78, 5) is 62.3. The number of nitrogens with two attached hydrogens (primary N) is 1. The van der Waals surface area contributed by atoms with E-state index in [2.05, 4.69) is 41.4 Å². The summed E-state index contributed by atoms with van der Waals surface area (Å²) < 4.78 is 13.9.